The molecule has 5 nitrogen and oxygen atoms in total. The van der Waals surface area contributed by atoms with Crippen molar-refractivity contribution in [1.29, 1.82) is 0 Å². The van der Waals surface area contributed by atoms with Crippen molar-refractivity contribution in [2.75, 3.05) is 12.4 Å². The molecule has 1 atom stereocenters. The largest absolute Gasteiger partial charge is 0.481 e. The molecule has 0 radical (unpaired) electrons. The van der Waals surface area contributed by atoms with E-state index in [1.54, 1.807) is 19.5 Å². The van der Waals surface area contributed by atoms with Crippen LogP contribution >= 0.6 is 0 Å². The van der Waals surface area contributed by atoms with E-state index in [-0.39, 0.29) is 0 Å². The Bertz CT molecular complexity index is 452. The van der Waals surface area contributed by atoms with Crippen LogP contribution in [0, 0.1) is 0 Å². The lowest BCUT2D eigenvalue weighted by atomic mass is 10.2. The van der Waals surface area contributed by atoms with Crippen molar-refractivity contribution in [3.63, 3.8) is 0 Å². The van der Waals surface area contributed by atoms with E-state index in [9.17, 15) is 0 Å². The van der Waals surface area contributed by atoms with Crippen LogP contribution < -0.4 is 10.1 Å². The van der Waals surface area contributed by atoms with Gasteiger partial charge in [-0.3, -0.25) is 4.68 Å². The van der Waals surface area contributed by atoms with Gasteiger partial charge in [0.05, 0.1) is 19.0 Å². The molecular formula is C13H18N4O. The van der Waals surface area contributed by atoms with Gasteiger partial charge in [-0.05, 0) is 25.5 Å². The highest BCUT2D eigenvalue weighted by Gasteiger charge is 2.03. The van der Waals surface area contributed by atoms with Gasteiger partial charge in [0, 0.05) is 31.0 Å². The number of hydrogen-bond acceptors (Lipinski definition) is 4. The monoisotopic (exact) mass is 246 g/mol. The second-order valence-electron chi connectivity index (χ2n) is 4.19. The Morgan fingerprint density at radius 1 is 1.44 bits per heavy atom. The van der Waals surface area contributed by atoms with Crippen LogP contribution in [0.3, 0.4) is 0 Å². The Labute approximate surface area is 107 Å². The summed E-state index contributed by atoms with van der Waals surface area (Å²) in [4.78, 5) is 4.16. The van der Waals surface area contributed by atoms with Crippen LogP contribution in [0.4, 0.5) is 5.69 Å². The zero-order chi connectivity index (χ0) is 12.8. The fourth-order valence-electron chi connectivity index (χ4n) is 1.70. The highest BCUT2D eigenvalue weighted by molar-refractivity contribution is 5.42. The lowest BCUT2D eigenvalue weighted by Gasteiger charge is -2.15. The molecule has 0 amide bonds. The number of hydrogen-bond donors (Lipinski definition) is 1. The fraction of sp³-hybridized carbons (Fsp3) is 0.385. The zero-order valence-corrected chi connectivity index (χ0v) is 10.7. The third-order valence-electron chi connectivity index (χ3n) is 2.71. The highest BCUT2D eigenvalue weighted by Crippen LogP contribution is 2.12. The summed E-state index contributed by atoms with van der Waals surface area (Å²) >= 11 is 0. The van der Waals surface area contributed by atoms with Crippen molar-refractivity contribution in [1.82, 2.24) is 14.8 Å². The highest BCUT2D eigenvalue weighted by atomic mass is 16.5. The minimum Gasteiger partial charge on any atom is -0.481 e. The van der Waals surface area contributed by atoms with E-state index in [4.69, 9.17) is 4.74 Å². The van der Waals surface area contributed by atoms with E-state index in [0.717, 1.165) is 18.7 Å². The lowest BCUT2D eigenvalue weighted by Crippen LogP contribution is -2.18. The summed E-state index contributed by atoms with van der Waals surface area (Å²) in [5.41, 5.74) is 1.00. The van der Waals surface area contributed by atoms with Gasteiger partial charge in [-0.1, -0.05) is 0 Å². The van der Waals surface area contributed by atoms with Gasteiger partial charge in [0.1, 0.15) is 0 Å². The maximum atomic E-state index is 5.02. The van der Waals surface area contributed by atoms with Gasteiger partial charge in [-0.25, -0.2) is 4.98 Å². The average molecular weight is 246 g/mol. The molecule has 0 aliphatic heterocycles. The number of aromatic nitrogens is 3. The van der Waals surface area contributed by atoms with Crippen molar-refractivity contribution >= 4 is 5.69 Å². The van der Waals surface area contributed by atoms with Gasteiger partial charge < -0.3 is 10.1 Å². The maximum Gasteiger partial charge on any atom is 0.213 e. The second kappa shape index (κ2) is 6.05. The second-order valence-corrected chi connectivity index (χ2v) is 4.19. The van der Waals surface area contributed by atoms with Gasteiger partial charge >= 0.3 is 0 Å². The average Bonchev–Trinajstić information content (AvgIpc) is 2.90. The Morgan fingerprint density at radius 2 is 2.33 bits per heavy atom. The van der Waals surface area contributed by atoms with Crippen LogP contribution in [0.5, 0.6) is 5.88 Å². The fourth-order valence-corrected chi connectivity index (χ4v) is 1.70. The van der Waals surface area contributed by atoms with E-state index in [0.29, 0.717) is 11.9 Å². The third-order valence-corrected chi connectivity index (χ3v) is 2.71. The molecule has 0 fully saturated rings. The Balaban J connectivity index is 1.80. The standard InChI is InChI=1S/C13H18N4O/c1-11(6-9-17-8-3-7-15-17)16-12-4-5-13(18-2)14-10-12/h3-5,7-8,10-11,16H,6,9H2,1-2H3/t11-/m1/s1. The van der Waals surface area contributed by atoms with E-state index in [1.165, 1.54) is 0 Å². The van der Waals surface area contributed by atoms with Crippen molar-refractivity contribution in [2.24, 2.45) is 0 Å². The molecule has 1 N–H and O–H groups in total. The van der Waals surface area contributed by atoms with Gasteiger partial charge in [-0.2, -0.15) is 5.10 Å². The molecule has 0 saturated carbocycles. The van der Waals surface area contributed by atoms with E-state index >= 15 is 0 Å². The first kappa shape index (κ1) is 12.4. The van der Waals surface area contributed by atoms with Crippen LogP contribution in [0.2, 0.25) is 0 Å². The quantitative estimate of drug-likeness (QED) is 0.848. The molecule has 2 aromatic rings. The SMILES string of the molecule is COc1ccc(N[C@H](C)CCn2cccn2)cn1. The normalized spacial score (nSPS) is 12.1. The molecule has 5 heteroatoms. The Morgan fingerprint density at radius 3 is 2.94 bits per heavy atom. The molecule has 0 bridgehead atoms. The number of aryl methyl sites for hydroxylation is 1. The van der Waals surface area contributed by atoms with Crippen LogP contribution in [0.25, 0.3) is 0 Å². The summed E-state index contributed by atoms with van der Waals surface area (Å²) in [6, 6.07) is 6.12. The van der Waals surface area contributed by atoms with E-state index < -0.39 is 0 Å². The molecule has 0 aliphatic rings. The lowest BCUT2D eigenvalue weighted by molar-refractivity contribution is 0.398. The number of anilines is 1. The number of nitrogens with zero attached hydrogens (tertiary/aromatic N) is 3. The first-order chi connectivity index (χ1) is 8.78. The van der Waals surface area contributed by atoms with Crippen molar-refractivity contribution in [3.05, 3.63) is 36.8 Å². The topological polar surface area (TPSA) is 52.0 Å². The Kier molecular flexibility index (Phi) is 4.17. The minimum atomic E-state index is 0.365. The molecule has 2 aromatic heterocycles. The first-order valence-electron chi connectivity index (χ1n) is 6.02. The summed E-state index contributed by atoms with van der Waals surface area (Å²) < 4.78 is 6.96. The molecule has 0 aromatic carbocycles. The van der Waals surface area contributed by atoms with Crippen LogP contribution in [-0.4, -0.2) is 27.9 Å². The predicted molar refractivity (Wildman–Crippen MR) is 70.7 cm³/mol. The molecule has 0 spiro atoms. The van der Waals surface area contributed by atoms with Crippen molar-refractivity contribution < 1.29 is 4.74 Å². The maximum absolute atomic E-state index is 5.02. The van der Waals surface area contributed by atoms with Gasteiger partial charge in [0.25, 0.3) is 0 Å². The molecular weight excluding hydrogens is 228 g/mol. The predicted octanol–water partition coefficient (Wildman–Crippen LogP) is 2.18. The summed E-state index contributed by atoms with van der Waals surface area (Å²) in [7, 11) is 1.61. The number of pyridine rings is 1. The van der Waals surface area contributed by atoms with Crippen LogP contribution in [0.15, 0.2) is 36.8 Å². The number of nitrogens with one attached hydrogen (secondary N) is 1. The molecule has 0 unspecified atom stereocenters. The van der Waals surface area contributed by atoms with Crippen LogP contribution in [0.1, 0.15) is 13.3 Å². The summed E-state index contributed by atoms with van der Waals surface area (Å²) in [6.07, 6.45) is 6.56. The molecule has 0 aliphatic carbocycles. The van der Waals surface area contributed by atoms with Gasteiger partial charge in [-0.15, -0.1) is 0 Å². The number of rotatable bonds is 6. The molecule has 96 valence electrons. The van der Waals surface area contributed by atoms with Gasteiger partial charge in [0.15, 0.2) is 0 Å². The molecule has 0 saturated heterocycles. The zero-order valence-electron chi connectivity index (χ0n) is 10.7. The summed E-state index contributed by atoms with van der Waals surface area (Å²) in [5, 5.41) is 7.57. The van der Waals surface area contributed by atoms with Crippen molar-refractivity contribution in [3.8, 4) is 5.88 Å². The third kappa shape index (κ3) is 3.48. The van der Waals surface area contributed by atoms with Gasteiger partial charge in [0.2, 0.25) is 5.88 Å². The Hall–Kier alpha value is -2.04. The smallest absolute Gasteiger partial charge is 0.213 e. The van der Waals surface area contributed by atoms with E-state index in [1.807, 2.05) is 29.1 Å². The molecule has 2 heterocycles. The number of methoxy groups -OCH3 is 1. The molecule has 18 heavy (non-hydrogen) atoms. The van der Waals surface area contributed by atoms with Crippen LogP contribution in [-0.2, 0) is 6.54 Å². The summed E-state index contributed by atoms with van der Waals surface area (Å²) in [6.45, 7) is 3.05. The summed E-state index contributed by atoms with van der Waals surface area (Å²) in [5.74, 6) is 0.629. The minimum absolute atomic E-state index is 0.365. The van der Waals surface area contributed by atoms with Crippen molar-refractivity contribution in [2.45, 2.75) is 25.9 Å². The first-order valence-corrected chi connectivity index (χ1v) is 6.02. The van der Waals surface area contributed by atoms with E-state index in [2.05, 4.69) is 22.3 Å². The molecule has 2 rings (SSSR count). The number of ether oxygens (including phenoxy) is 1.